The minimum Gasteiger partial charge on any atom is -0.426 e. The molecular weight excluding hydrogens is 576 g/mol. The molecule has 3 aromatic carbocycles. The lowest BCUT2D eigenvalue weighted by molar-refractivity contribution is -0.123. The van der Waals surface area contributed by atoms with Crippen LogP contribution in [0.4, 0.5) is 5.69 Å². The van der Waals surface area contributed by atoms with Crippen molar-refractivity contribution in [2.45, 2.75) is 24.8 Å². The van der Waals surface area contributed by atoms with Crippen molar-refractivity contribution in [3.8, 4) is 0 Å². The normalized spacial score (nSPS) is 12.6. The third-order valence-corrected chi connectivity index (χ3v) is 8.05. The quantitative estimate of drug-likeness (QED) is 0.235. The first-order valence-electron chi connectivity index (χ1n) is 12.1. The standard InChI is InChI=1S/C27H28BCl2N3O6S/c1-3-40(38,39)33(2)21-11-7-10-19(14-21)15-24(31-26(34)22-17-20(29)12-13-23(22)30)27(35)32-25(28(36)37)16-18-8-5-4-6-9-18/h3-14,17,24-25,36-37H,1,15-16H2,2H3,(H,31,34)(H,32,35). The third-order valence-electron chi connectivity index (χ3n) is 6.09. The van der Waals surface area contributed by atoms with Crippen LogP contribution in [0.1, 0.15) is 21.5 Å². The highest BCUT2D eigenvalue weighted by Gasteiger charge is 2.30. The predicted octanol–water partition coefficient (Wildman–Crippen LogP) is 2.98. The lowest BCUT2D eigenvalue weighted by Crippen LogP contribution is -2.55. The van der Waals surface area contributed by atoms with Gasteiger partial charge in [0, 0.05) is 23.9 Å². The lowest BCUT2D eigenvalue weighted by Gasteiger charge is -2.24. The Hall–Kier alpha value is -3.35. The maximum Gasteiger partial charge on any atom is 0.475 e. The number of carbonyl (C=O) groups is 2. The fourth-order valence-corrected chi connectivity index (χ4v) is 4.88. The van der Waals surface area contributed by atoms with Gasteiger partial charge in [-0.3, -0.25) is 13.9 Å². The van der Waals surface area contributed by atoms with E-state index in [1.807, 2.05) is 6.07 Å². The van der Waals surface area contributed by atoms with Crippen molar-refractivity contribution < 1.29 is 28.1 Å². The van der Waals surface area contributed by atoms with Gasteiger partial charge in [0.25, 0.3) is 15.9 Å². The van der Waals surface area contributed by atoms with Gasteiger partial charge in [0.15, 0.2) is 0 Å². The Morgan fingerprint density at radius 2 is 1.65 bits per heavy atom. The Kier molecular flexibility index (Phi) is 10.8. The van der Waals surface area contributed by atoms with E-state index in [1.165, 1.54) is 25.2 Å². The van der Waals surface area contributed by atoms with Gasteiger partial charge in [-0.2, -0.15) is 0 Å². The van der Waals surface area contributed by atoms with Crippen LogP contribution in [0.15, 0.2) is 84.8 Å². The molecule has 0 bridgehead atoms. The summed E-state index contributed by atoms with van der Waals surface area (Å²) in [6.45, 7) is 3.33. The maximum absolute atomic E-state index is 13.5. The number of nitrogens with zero attached hydrogens (tertiary/aromatic N) is 1. The van der Waals surface area contributed by atoms with E-state index in [2.05, 4.69) is 17.2 Å². The zero-order valence-corrected chi connectivity index (χ0v) is 23.8. The molecule has 0 aliphatic rings. The molecule has 0 fully saturated rings. The summed E-state index contributed by atoms with van der Waals surface area (Å²) in [5, 5.41) is 26.4. The topological polar surface area (TPSA) is 136 Å². The Labute approximate surface area is 243 Å². The average molecular weight is 604 g/mol. The third kappa shape index (κ3) is 8.33. The van der Waals surface area contributed by atoms with Gasteiger partial charge < -0.3 is 20.7 Å². The molecule has 2 atom stereocenters. The number of nitrogens with one attached hydrogen (secondary N) is 2. The first kappa shape index (κ1) is 31.2. The molecule has 0 saturated carbocycles. The summed E-state index contributed by atoms with van der Waals surface area (Å²) >= 11 is 12.2. The summed E-state index contributed by atoms with van der Waals surface area (Å²) in [5.41, 5.74) is 1.63. The molecule has 0 heterocycles. The summed E-state index contributed by atoms with van der Waals surface area (Å²) in [5.74, 6) is -2.46. The number of rotatable bonds is 12. The molecule has 0 aromatic heterocycles. The fraction of sp³-hybridized carbons (Fsp3) is 0.185. The summed E-state index contributed by atoms with van der Waals surface area (Å²) in [4.78, 5) is 26.6. The van der Waals surface area contributed by atoms with Crippen molar-refractivity contribution in [2.75, 3.05) is 11.4 Å². The molecule has 210 valence electrons. The van der Waals surface area contributed by atoms with Crippen LogP contribution in [0.3, 0.4) is 0 Å². The first-order chi connectivity index (χ1) is 18.9. The molecule has 13 heteroatoms. The number of sulfonamides is 1. The van der Waals surface area contributed by atoms with E-state index in [4.69, 9.17) is 23.2 Å². The van der Waals surface area contributed by atoms with Crippen LogP contribution in [-0.4, -0.2) is 56.4 Å². The number of benzene rings is 3. The van der Waals surface area contributed by atoms with E-state index >= 15 is 0 Å². The van der Waals surface area contributed by atoms with Gasteiger partial charge in [0.05, 0.1) is 22.2 Å². The highest BCUT2D eigenvalue weighted by molar-refractivity contribution is 7.95. The van der Waals surface area contributed by atoms with Crippen LogP contribution in [0, 0.1) is 0 Å². The number of halogens is 2. The molecule has 0 spiro atoms. The minimum absolute atomic E-state index is 0.0422. The van der Waals surface area contributed by atoms with Gasteiger partial charge in [-0.15, -0.1) is 0 Å². The highest BCUT2D eigenvalue weighted by atomic mass is 35.5. The Balaban J connectivity index is 1.91. The molecule has 2 unspecified atom stereocenters. The number of anilines is 1. The SMILES string of the molecule is C=CS(=O)(=O)N(C)c1cccc(CC(NC(=O)c2cc(Cl)ccc2Cl)C(=O)NC(Cc2ccccc2)B(O)O)c1. The van der Waals surface area contributed by atoms with Crippen molar-refractivity contribution in [1.82, 2.24) is 10.6 Å². The molecule has 0 radical (unpaired) electrons. The molecule has 40 heavy (non-hydrogen) atoms. The molecule has 3 rings (SSSR count). The lowest BCUT2D eigenvalue weighted by atomic mass is 9.75. The van der Waals surface area contributed by atoms with Crippen LogP contribution < -0.4 is 14.9 Å². The van der Waals surface area contributed by atoms with Crippen LogP contribution in [0.5, 0.6) is 0 Å². The fourth-order valence-electron chi connectivity index (χ4n) is 3.87. The summed E-state index contributed by atoms with van der Waals surface area (Å²) < 4.78 is 25.5. The molecule has 0 aliphatic carbocycles. The molecule has 0 aliphatic heterocycles. The maximum atomic E-state index is 13.5. The van der Waals surface area contributed by atoms with Gasteiger partial charge in [0.1, 0.15) is 6.04 Å². The van der Waals surface area contributed by atoms with Crippen molar-refractivity contribution in [2.24, 2.45) is 0 Å². The van der Waals surface area contributed by atoms with Crippen LogP contribution >= 0.6 is 23.2 Å². The van der Waals surface area contributed by atoms with Gasteiger partial charge >= 0.3 is 7.12 Å². The van der Waals surface area contributed by atoms with Crippen molar-refractivity contribution >= 4 is 57.8 Å². The molecule has 3 aromatic rings. The smallest absolute Gasteiger partial charge is 0.426 e. The number of hydrogen-bond acceptors (Lipinski definition) is 6. The van der Waals surface area contributed by atoms with Crippen LogP contribution in [0.25, 0.3) is 0 Å². The second-order valence-electron chi connectivity index (χ2n) is 8.92. The Morgan fingerprint density at radius 3 is 2.30 bits per heavy atom. The summed E-state index contributed by atoms with van der Waals surface area (Å²) in [6.07, 6.45) is 0.0515. The summed E-state index contributed by atoms with van der Waals surface area (Å²) in [6, 6.07) is 18.5. The minimum atomic E-state index is -3.77. The van der Waals surface area contributed by atoms with Crippen molar-refractivity contribution in [3.63, 3.8) is 0 Å². The van der Waals surface area contributed by atoms with Crippen molar-refractivity contribution in [3.05, 3.63) is 112 Å². The van der Waals surface area contributed by atoms with E-state index in [1.54, 1.807) is 48.5 Å². The molecule has 9 nitrogen and oxygen atoms in total. The Morgan fingerprint density at radius 1 is 0.975 bits per heavy atom. The number of amides is 2. The van der Waals surface area contributed by atoms with Gasteiger partial charge in [-0.05, 0) is 47.9 Å². The van der Waals surface area contributed by atoms with Crippen LogP contribution in [0.2, 0.25) is 10.0 Å². The Bertz CT molecular complexity index is 1470. The largest absolute Gasteiger partial charge is 0.475 e. The van der Waals surface area contributed by atoms with E-state index in [9.17, 15) is 28.1 Å². The number of carbonyl (C=O) groups excluding carboxylic acids is 2. The van der Waals surface area contributed by atoms with Crippen molar-refractivity contribution in [1.29, 1.82) is 0 Å². The van der Waals surface area contributed by atoms with E-state index in [-0.39, 0.29) is 28.5 Å². The average Bonchev–Trinajstić information content (AvgIpc) is 2.93. The molecule has 4 N–H and O–H groups in total. The van der Waals surface area contributed by atoms with E-state index in [0.29, 0.717) is 11.3 Å². The monoisotopic (exact) mass is 603 g/mol. The molecule has 0 saturated heterocycles. The second kappa shape index (κ2) is 13.8. The first-order valence-corrected chi connectivity index (χ1v) is 14.3. The van der Waals surface area contributed by atoms with Gasteiger partial charge in [-0.25, -0.2) is 8.42 Å². The van der Waals surface area contributed by atoms with E-state index < -0.39 is 40.9 Å². The number of hydrogen-bond donors (Lipinski definition) is 4. The zero-order chi connectivity index (χ0) is 29.4. The predicted molar refractivity (Wildman–Crippen MR) is 158 cm³/mol. The molecular formula is C27H28BCl2N3O6S. The van der Waals surface area contributed by atoms with Crippen LogP contribution in [-0.2, 0) is 27.7 Å². The van der Waals surface area contributed by atoms with Gasteiger partial charge in [-0.1, -0.05) is 72.2 Å². The molecule has 2 amide bonds. The van der Waals surface area contributed by atoms with Gasteiger partial charge in [0.2, 0.25) is 5.91 Å². The summed E-state index contributed by atoms with van der Waals surface area (Å²) in [7, 11) is -4.29. The zero-order valence-electron chi connectivity index (χ0n) is 21.5. The van der Waals surface area contributed by atoms with E-state index in [0.717, 1.165) is 15.3 Å². The second-order valence-corrected chi connectivity index (χ2v) is 11.7. The highest BCUT2D eigenvalue weighted by Crippen LogP contribution is 2.22.